The van der Waals surface area contributed by atoms with E-state index in [-0.39, 0.29) is 17.0 Å². The molecule has 0 aliphatic carbocycles. The van der Waals surface area contributed by atoms with Gasteiger partial charge in [-0.05, 0) is 25.5 Å². The molecule has 1 aliphatic rings. The normalized spacial score (nSPS) is 21.3. The Labute approximate surface area is 173 Å². The van der Waals surface area contributed by atoms with Gasteiger partial charge in [-0.15, -0.1) is 5.10 Å². The Morgan fingerprint density at radius 3 is 2.81 bits per heavy atom. The number of alkyl halides is 3. The van der Waals surface area contributed by atoms with Crippen LogP contribution in [-0.2, 0) is 11.8 Å². The molecule has 4 rings (SSSR count). The van der Waals surface area contributed by atoms with Crippen LogP contribution in [0.1, 0.15) is 41.2 Å². The molecular formula is C19H16F3N7O2. The minimum absolute atomic E-state index is 0.0176. The van der Waals surface area contributed by atoms with Gasteiger partial charge < -0.3 is 10.2 Å². The van der Waals surface area contributed by atoms with Crippen molar-refractivity contribution in [2.24, 2.45) is 5.73 Å². The molecule has 2 N–H and O–H groups in total. The topological polar surface area (TPSA) is 127 Å². The number of halogens is 3. The molecule has 12 heteroatoms. The third kappa shape index (κ3) is 3.27. The molecule has 9 nitrogen and oxygen atoms in total. The number of primary amides is 1. The zero-order chi connectivity index (χ0) is 22.4. The Bertz CT molecular complexity index is 1170. The maximum Gasteiger partial charge on any atom is 0.416 e. The van der Waals surface area contributed by atoms with Crippen LogP contribution in [0.5, 0.6) is 0 Å². The number of nitrogens with two attached hydrogens (primary N) is 1. The van der Waals surface area contributed by atoms with E-state index in [1.165, 1.54) is 27.9 Å². The SMILES string of the molecule is CC1(n2ccnn2)C(c2nc(C(N)=O)oc2-c2cccc(C(F)(F)F)c2)CCN1C#N. The van der Waals surface area contributed by atoms with Gasteiger partial charge in [0.2, 0.25) is 0 Å². The van der Waals surface area contributed by atoms with Gasteiger partial charge in [-0.1, -0.05) is 17.3 Å². The summed E-state index contributed by atoms with van der Waals surface area (Å²) >= 11 is 0. The average molecular weight is 431 g/mol. The molecule has 1 aromatic carbocycles. The number of hydrogen-bond donors (Lipinski definition) is 1. The number of likely N-dealkylation sites (tertiary alicyclic amines) is 1. The van der Waals surface area contributed by atoms with E-state index in [1.807, 2.05) is 0 Å². The smallest absolute Gasteiger partial charge is 0.416 e. The first kappa shape index (κ1) is 20.4. The lowest BCUT2D eigenvalue weighted by atomic mass is 9.89. The molecule has 0 spiro atoms. The minimum atomic E-state index is -4.57. The molecule has 2 unspecified atom stereocenters. The zero-order valence-electron chi connectivity index (χ0n) is 16.2. The first-order valence-corrected chi connectivity index (χ1v) is 9.18. The Balaban J connectivity index is 1.90. The second kappa shape index (κ2) is 7.12. The highest BCUT2D eigenvalue weighted by atomic mass is 19.4. The first-order chi connectivity index (χ1) is 14.7. The number of carbonyl (C=O) groups excluding carboxylic acids is 1. The number of nitriles is 1. The lowest BCUT2D eigenvalue weighted by Gasteiger charge is -2.35. The number of aromatic nitrogens is 4. The number of nitrogens with zero attached hydrogens (tertiary/aromatic N) is 6. The molecule has 1 fully saturated rings. The fourth-order valence-electron chi connectivity index (χ4n) is 3.94. The molecular weight excluding hydrogens is 415 g/mol. The predicted molar refractivity (Wildman–Crippen MR) is 98.8 cm³/mol. The van der Waals surface area contributed by atoms with Gasteiger partial charge >= 0.3 is 12.1 Å². The van der Waals surface area contributed by atoms with E-state index in [1.54, 1.807) is 13.1 Å². The summed E-state index contributed by atoms with van der Waals surface area (Å²) in [5.41, 5.74) is 3.66. The van der Waals surface area contributed by atoms with Crippen LogP contribution in [0.2, 0.25) is 0 Å². The molecule has 31 heavy (non-hydrogen) atoms. The van der Waals surface area contributed by atoms with Crippen LogP contribution in [-0.4, -0.2) is 37.3 Å². The van der Waals surface area contributed by atoms with Crippen LogP contribution in [0, 0.1) is 11.5 Å². The maximum atomic E-state index is 13.2. The Morgan fingerprint density at radius 1 is 1.42 bits per heavy atom. The highest BCUT2D eigenvalue weighted by molar-refractivity contribution is 5.88. The van der Waals surface area contributed by atoms with Crippen LogP contribution in [0.4, 0.5) is 13.2 Å². The van der Waals surface area contributed by atoms with Crippen LogP contribution in [0.25, 0.3) is 11.3 Å². The lowest BCUT2D eigenvalue weighted by Crippen LogP contribution is -2.45. The maximum absolute atomic E-state index is 13.2. The molecule has 3 heterocycles. The summed E-state index contributed by atoms with van der Waals surface area (Å²) in [7, 11) is 0. The van der Waals surface area contributed by atoms with Crippen LogP contribution < -0.4 is 5.73 Å². The van der Waals surface area contributed by atoms with E-state index in [0.29, 0.717) is 13.0 Å². The summed E-state index contributed by atoms with van der Waals surface area (Å²) in [5, 5.41) is 17.4. The number of carbonyl (C=O) groups is 1. The van der Waals surface area contributed by atoms with E-state index in [4.69, 9.17) is 10.2 Å². The lowest BCUT2D eigenvalue weighted by molar-refractivity contribution is -0.137. The predicted octanol–water partition coefficient (Wildman–Crippen LogP) is 2.69. The molecule has 160 valence electrons. The third-order valence-electron chi connectivity index (χ3n) is 5.50. The van der Waals surface area contributed by atoms with Gasteiger partial charge in [-0.25, -0.2) is 9.67 Å². The van der Waals surface area contributed by atoms with Crippen molar-refractivity contribution >= 4 is 5.91 Å². The highest BCUT2D eigenvalue weighted by Crippen LogP contribution is 2.47. The van der Waals surface area contributed by atoms with Crippen molar-refractivity contribution in [2.45, 2.75) is 31.1 Å². The molecule has 1 amide bonds. The summed E-state index contributed by atoms with van der Waals surface area (Å²) in [6.45, 7) is 2.06. The molecule has 0 radical (unpaired) electrons. The van der Waals surface area contributed by atoms with E-state index in [2.05, 4.69) is 21.5 Å². The first-order valence-electron chi connectivity index (χ1n) is 9.18. The van der Waals surface area contributed by atoms with Gasteiger partial charge in [-0.3, -0.25) is 9.69 Å². The fourth-order valence-corrected chi connectivity index (χ4v) is 3.94. The van der Waals surface area contributed by atoms with Crippen molar-refractivity contribution in [1.29, 1.82) is 5.26 Å². The van der Waals surface area contributed by atoms with Crippen molar-refractivity contribution in [3.05, 3.63) is 53.8 Å². The van der Waals surface area contributed by atoms with Gasteiger partial charge in [0.1, 0.15) is 5.66 Å². The van der Waals surface area contributed by atoms with Crippen LogP contribution >= 0.6 is 0 Å². The molecule has 0 saturated carbocycles. The third-order valence-corrected chi connectivity index (χ3v) is 5.50. The zero-order valence-corrected chi connectivity index (χ0v) is 16.2. The number of oxazole rings is 1. The van der Waals surface area contributed by atoms with Crippen LogP contribution in [0.15, 0.2) is 41.1 Å². The second-order valence-electron chi connectivity index (χ2n) is 7.21. The molecule has 3 aromatic rings. The Morgan fingerprint density at radius 2 is 2.19 bits per heavy atom. The van der Waals surface area contributed by atoms with Gasteiger partial charge in [0.15, 0.2) is 12.0 Å². The highest BCUT2D eigenvalue weighted by Gasteiger charge is 2.51. The summed E-state index contributed by atoms with van der Waals surface area (Å²) < 4.78 is 46.7. The monoisotopic (exact) mass is 431 g/mol. The molecule has 2 aromatic heterocycles. The van der Waals surface area contributed by atoms with Crippen molar-refractivity contribution in [1.82, 2.24) is 24.9 Å². The minimum Gasteiger partial charge on any atom is -0.432 e. The van der Waals surface area contributed by atoms with Crippen molar-refractivity contribution in [3.8, 4) is 17.5 Å². The van der Waals surface area contributed by atoms with E-state index >= 15 is 0 Å². The van der Waals surface area contributed by atoms with Gasteiger partial charge in [0.25, 0.3) is 5.89 Å². The van der Waals surface area contributed by atoms with Gasteiger partial charge in [-0.2, -0.15) is 18.4 Å². The van der Waals surface area contributed by atoms with Gasteiger partial charge in [0, 0.05) is 18.3 Å². The van der Waals surface area contributed by atoms with E-state index < -0.39 is 35.1 Å². The van der Waals surface area contributed by atoms with Crippen molar-refractivity contribution < 1.29 is 22.4 Å². The number of benzene rings is 1. The molecule has 1 aliphatic heterocycles. The van der Waals surface area contributed by atoms with Crippen LogP contribution in [0.3, 0.4) is 0 Å². The summed E-state index contributed by atoms with van der Waals surface area (Å²) in [4.78, 5) is 17.4. The largest absolute Gasteiger partial charge is 0.432 e. The van der Waals surface area contributed by atoms with E-state index in [9.17, 15) is 23.2 Å². The standard InChI is InChI=1S/C19H16F3N7O2/c1-18(29-8-6-25-27-29)13(5-7-28(18)10-23)14-15(31-17(26-14)16(24)30)11-3-2-4-12(9-11)19(20,21)22/h2-4,6,8-9,13H,5,7H2,1H3,(H2,24,30). The van der Waals surface area contributed by atoms with Crippen molar-refractivity contribution in [3.63, 3.8) is 0 Å². The molecule has 0 bridgehead atoms. The molecule has 1 saturated heterocycles. The average Bonchev–Trinajstić information content (AvgIpc) is 3.46. The van der Waals surface area contributed by atoms with E-state index in [0.717, 1.165) is 12.1 Å². The fraction of sp³-hybridized carbons (Fsp3) is 0.316. The van der Waals surface area contributed by atoms with Gasteiger partial charge in [0.05, 0.1) is 23.4 Å². The second-order valence-corrected chi connectivity index (χ2v) is 7.21. The Hall–Kier alpha value is -3.88. The summed E-state index contributed by atoms with van der Waals surface area (Å²) in [6.07, 6.45) is 0.960. The number of amides is 1. The number of hydrogen-bond acceptors (Lipinski definition) is 7. The number of rotatable bonds is 4. The quantitative estimate of drug-likeness (QED) is 0.629. The molecule has 2 atom stereocenters. The summed E-state index contributed by atoms with van der Waals surface area (Å²) in [6, 6.07) is 4.51. The Kier molecular flexibility index (Phi) is 4.68. The summed E-state index contributed by atoms with van der Waals surface area (Å²) in [5.74, 6) is -1.97. The van der Waals surface area contributed by atoms with Crippen molar-refractivity contribution in [2.75, 3.05) is 6.54 Å².